The van der Waals surface area contributed by atoms with E-state index in [4.69, 9.17) is 0 Å². The molecule has 0 aliphatic rings. The van der Waals surface area contributed by atoms with Gasteiger partial charge in [-0.25, -0.2) is 0 Å². The Morgan fingerprint density at radius 2 is 1.91 bits per heavy atom. The average Bonchev–Trinajstić information content (AvgIpc) is 2.91. The summed E-state index contributed by atoms with van der Waals surface area (Å²) in [5, 5.41) is 11.9. The lowest BCUT2D eigenvalue weighted by molar-refractivity contribution is -0.119. The van der Waals surface area contributed by atoms with Crippen LogP contribution in [0.25, 0.3) is 0 Å². The molecule has 0 saturated carbocycles. The van der Waals surface area contributed by atoms with E-state index >= 15 is 0 Å². The number of rotatable bonds is 7. The van der Waals surface area contributed by atoms with E-state index in [2.05, 4.69) is 53.6 Å². The molecule has 1 aromatic carbocycles. The molecule has 2 aromatic rings. The molecule has 0 radical (unpaired) electrons. The summed E-state index contributed by atoms with van der Waals surface area (Å²) in [4.78, 5) is 12.0. The molecule has 1 N–H and O–H groups in total. The molecule has 6 heteroatoms. The number of hydrogen-bond acceptors (Lipinski definition) is 5. The molecule has 0 spiro atoms. The van der Waals surface area contributed by atoms with Crippen LogP contribution < -0.4 is 5.32 Å². The number of amides is 1. The number of aryl methyl sites for hydroxylation is 1. The third-order valence-electron chi connectivity index (χ3n) is 3.34. The van der Waals surface area contributed by atoms with Gasteiger partial charge in [0.25, 0.3) is 0 Å². The van der Waals surface area contributed by atoms with Gasteiger partial charge in [0.05, 0.1) is 11.8 Å². The van der Waals surface area contributed by atoms with Crippen LogP contribution in [0.4, 0.5) is 0 Å². The highest BCUT2D eigenvalue weighted by atomic mass is 32.2. The highest BCUT2D eigenvalue weighted by Gasteiger charge is 2.11. The van der Waals surface area contributed by atoms with E-state index in [0.29, 0.717) is 11.7 Å². The first-order valence-corrected chi connectivity index (χ1v) is 9.55. The predicted octanol–water partition coefficient (Wildman–Crippen LogP) is 4.01. The Bertz CT molecular complexity index is 638. The van der Waals surface area contributed by atoms with Crippen LogP contribution in [-0.2, 0) is 11.2 Å². The molecule has 23 heavy (non-hydrogen) atoms. The normalized spacial score (nSPS) is 12.4. The van der Waals surface area contributed by atoms with Gasteiger partial charge in [-0.05, 0) is 37.3 Å². The lowest BCUT2D eigenvalue weighted by atomic mass is 10.00. The van der Waals surface area contributed by atoms with Gasteiger partial charge in [0, 0.05) is 0 Å². The number of nitrogens with zero attached hydrogens (tertiary/aromatic N) is 2. The molecular weight excluding hydrogens is 326 g/mol. The zero-order valence-electron chi connectivity index (χ0n) is 14.0. The number of carbonyl (C=O) groups is 1. The van der Waals surface area contributed by atoms with E-state index < -0.39 is 0 Å². The first kappa shape index (κ1) is 17.9. The summed E-state index contributed by atoms with van der Waals surface area (Å²) in [6.07, 6.45) is 1.08. The Morgan fingerprint density at radius 3 is 2.48 bits per heavy atom. The van der Waals surface area contributed by atoms with Gasteiger partial charge < -0.3 is 5.32 Å². The fraction of sp³-hybridized carbons (Fsp3) is 0.471. The highest BCUT2D eigenvalue weighted by Crippen LogP contribution is 2.22. The maximum Gasteiger partial charge on any atom is 0.230 e. The second-order valence-electron chi connectivity index (χ2n) is 6.00. The molecule has 2 rings (SSSR count). The fourth-order valence-corrected chi connectivity index (χ4v) is 3.87. The zero-order valence-corrected chi connectivity index (χ0v) is 15.6. The smallest absolute Gasteiger partial charge is 0.230 e. The maximum absolute atomic E-state index is 12.0. The molecule has 0 aliphatic heterocycles. The van der Waals surface area contributed by atoms with Crippen molar-refractivity contribution in [2.24, 2.45) is 5.92 Å². The lowest BCUT2D eigenvalue weighted by Gasteiger charge is -2.15. The molecule has 0 fully saturated rings. The van der Waals surface area contributed by atoms with Crippen molar-refractivity contribution in [2.45, 2.75) is 44.5 Å². The van der Waals surface area contributed by atoms with Crippen LogP contribution >= 0.6 is 23.1 Å². The van der Waals surface area contributed by atoms with Gasteiger partial charge in [-0.3, -0.25) is 4.79 Å². The van der Waals surface area contributed by atoms with Gasteiger partial charge in [0.1, 0.15) is 5.01 Å². The number of aromatic nitrogens is 2. The molecule has 1 unspecified atom stereocenters. The predicted molar refractivity (Wildman–Crippen MR) is 96.9 cm³/mol. The largest absolute Gasteiger partial charge is 0.349 e. The van der Waals surface area contributed by atoms with Crippen LogP contribution in [0.1, 0.15) is 42.9 Å². The quantitative estimate of drug-likeness (QED) is 0.767. The van der Waals surface area contributed by atoms with Crippen LogP contribution in [0, 0.1) is 12.8 Å². The van der Waals surface area contributed by atoms with Crippen molar-refractivity contribution in [1.82, 2.24) is 15.5 Å². The standard InChI is InChI=1S/C17H23N3OS2/c1-11(2)9-14-5-7-15(8-6-14)12(3)18-16(21)10-22-17-20-19-13(4)23-17/h5-8,11-12H,9-10H2,1-4H3,(H,18,21). The third-order valence-corrected chi connectivity index (χ3v) is 5.31. The van der Waals surface area contributed by atoms with Crippen molar-refractivity contribution in [2.75, 3.05) is 5.75 Å². The van der Waals surface area contributed by atoms with Crippen molar-refractivity contribution in [3.05, 3.63) is 40.4 Å². The van der Waals surface area contributed by atoms with Crippen molar-refractivity contribution in [3.8, 4) is 0 Å². The van der Waals surface area contributed by atoms with Crippen LogP contribution in [0.2, 0.25) is 0 Å². The Balaban J connectivity index is 1.83. The lowest BCUT2D eigenvalue weighted by Crippen LogP contribution is -2.28. The molecule has 1 amide bonds. The van der Waals surface area contributed by atoms with Crippen LogP contribution in [0.5, 0.6) is 0 Å². The van der Waals surface area contributed by atoms with Gasteiger partial charge in [0.2, 0.25) is 5.91 Å². The summed E-state index contributed by atoms with van der Waals surface area (Å²) in [5.74, 6) is 1.03. The SMILES string of the molecule is Cc1nnc(SCC(=O)NC(C)c2ccc(CC(C)C)cc2)s1. The Morgan fingerprint density at radius 1 is 1.22 bits per heavy atom. The molecule has 124 valence electrons. The summed E-state index contributed by atoms with van der Waals surface area (Å²) < 4.78 is 0.836. The molecule has 0 aliphatic carbocycles. The highest BCUT2D eigenvalue weighted by molar-refractivity contribution is 8.01. The Kier molecular flexibility index (Phi) is 6.59. The summed E-state index contributed by atoms with van der Waals surface area (Å²) in [5.41, 5.74) is 2.46. The van der Waals surface area contributed by atoms with Crippen LogP contribution in [0.3, 0.4) is 0 Å². The van der Waals surface area contributed by atoms with E-state index in [1.165, 1.54) is 28.7 Å². The van der Waals surface area contributed by atoms with E-state index in [-0.39, 0.29) is 11.9 Å². The molecule has 1 atom stereocenters. The summed E-state index contributed by atoms with van der Waals surface area (Å²) in [6, 6.07) is 8.51. The number of carbonyl (C=O) groups excluding carboxylic acids is 1. The maximum atomic E-state index is 12.0. The van der Waals surface area contributed by atoms with Gasteiger partial charge >= 0.3 is 0 Å². The number of benzene rings is 1. The second-order valence-corrected chi connectivity index (χ2v) is 8.41. The Labute approximate surface area is 146 Å². The first-order valence-electron chi connectivity index (χ1n) is 7.75. The topological polar surface area (TPSA) is 54.9 Å². The van der Waals surface area contributed by atoms with E-state index in [9.17, 15) is 4.79 Å². The molecule has 4 nitrogen and oxygen atoms in total. The molecular formula is C17H23N3OS2. The van der Waals surface area contributed by atoms with E-state index in [1.807, 2.05) is 13.8 Å². The monoisotopic (exact) mass is 349 g/mol. The van der Waals surface area contributed by atoms with E-state index in [1.54, 1.807) is 0 Å². The minimum Gasteiger partial charge on any atom is -0.349 e. The molecule has 0 saturated heterocycles. The van der Waals surface area contributed by atoms with E-state index in [0.717, 1.165) is 21.3 Å². The number of hydrogen-bond donors (Lipinski definition) is 1. The van der Waals surface area contributed by atoms with Crippen molar-refractivity contribution < 1.29 is 4.79 Å². The van der Waals surface area contributed by atoms with Crippen LogP contribution in [0.15, 0.2) is 28.6 Å². The third kappa shape index (κ3) is 5.95. The van der Waals surface area contributed by atoms with Gasteiger partial charge in [-0.1, -0.05) is 61.2 Å². The summed E-state index contributed by atoms with van der Waals surface area (Å²) in [7, 11) is 0. The average molecular weight is 350 g/mol. The number of nitrogens with one attached hydrogen (secondary N) is 1. The van der Waals surface area contributed by atoms with Crippen molar-refractivity contribution in [3.63, 3.8) is 0 Å². The Hall–Kier alpha value is -1.40. The zero-order chi connectivity index (χ0) is 16.8. The van der Waals surface area contributed by atoms with Gasteiger partial charge in [-0.2, -0.15) is 0 Å². The molecule has 0 bridgehead atoms. The van der Waals surface area contributed by atoms with Gasteiger partial charge in [-0.15, -0.1) is 10.2 Å². The van der Waals surface area contributed by atoms with Crippen molar-refractivity contribution >= 4 is 29.0 Å². The summed E-state index contributed by atoms with van der Waals surface area (Å²) in [6.45, 7) is 8.35. The summed E-state index contributed by atoms with van der Waals surface area (Å²) >= 11 is 2.94. The molecule has 1 aromatic heterocycles. The number of thioether (sulfide) groups is 1. The van der Waals surface area contributed by atoms with Crippen LogP contribution in [-0.4, -0.2) is 21.9 Å². The fourth-order valence-electron chi connectivity index (χ4n) is 2.24. The van der Waals surface area contributed by atoms with Gasteiger partial charge in [0.15, 0.2) is 4.34 Å². The van der Waals surface area contributed by atoms with Crippen molar-refractivity contribution in [1.29, 1.82) is 0 Å². The molecule has 1 heterocycles. The first-order chi connectivity index (χ1) is 10.9. The second kappa shape index (κ2) is 8.45. The minimum absolute atomic E-state index is 0.00681. The minimum atomic E-state index is 0.00681.